The van der Waals surface area contributed by atoms with Crippen LogP contribution in [-0.4, -0.2) is 9.78 Å². The van der Waals surface area contributed by atoms with E-state index < -0.39 is 0 Å². The van der Waals surface area contributed by atoms with Gasteiger partial charge < -0.3 is 5.73 Å². The molecule has 1 aromatic rings. The average molecular weight is 268 g/mol. The van der Waals surface area contributed by atoms with Crippen molar-refractivity contribution < 1.29 is 0 Å². The van der Waals surface area contributed by atoms with Crippen LogP contribution in [0, 0.1) is 0 Å². The lowest BCUT2D eigenvalue weighted by atomic mass is 9.93. The Morgan fingerprint density at radius 3 is 3.00 bits per heavy atom. The standard InChI is InChI=1S/C14H22ClN3/c1-2-8-18-14(12(15)10-17-18)13(16)9-11-6-4-3-5-7-11/h6,10,13H,2-5,7-9,16H2,1H3. The molecule has 1 heterocycles. The minimum absolute atomic E-state index is 0.0316. The molecule has 0 radical (unpaired) electrons. The van der Waals surface area contributed by atoms with Crippen molar-refractivity contribution in [3.63, 3.8) is 0 Å². The van der Waals surface area contributed by atoms with E-state index in [0.29, 0.717) is 5.02 Å². The van der Waals surface area contributed by atoms with E-state index in [1.165, 1.54) is 31.3 Å². The van der Waals surface area contributed by atoms with E-state index in [2.05, 4.69) is 18.1 Å². The molecule has 1 aliphatic carbocycles. The largest absolute Gasteiger partial charge is 0.322 e. The van der Waals surface area contributed by atoms with Crippen LogP contribution in [0.3, 0.4) is 0 Å². The van der Waals surface area contributed by atoms with E-state index in [1.54, 1.807) is 6.20 Å². The summed E-state index contributed by atoms with van der Waals surface area (Å²) in [7, 11) is 0. The van der Waals surface area contributed by atoms with Gasteiger partial charge in [0.2, 0.25) is 0 Å². The number of rotatable bonds is 5. The van der Waals surface area contributed by atoms with Gasteiger partial charge in [-0.25, -0.2) is 0 Å². The van der Waals surface area contributed by atoms with Gasteiger partial charge in [-0.3, -0.25) is 4.68 Å². The first-order valence-corrected chi connectivity index (χ1v) is 7.25. The molecule has 0 aromatic carbocycles. The predicted molar refractivity (Wildman–Crippen MR) is 75.6 cm³/mol. The molecular formula is C14H22ClN3. The Morgan fingerprint density at radius 2 is 2.33 bits per heavy atom. The van der Waals surface area contributed by atoms with Crippen molar-refractivity contribution in [2.75, 3.05) is 0 Å². The van der Waals surface area contributed by atoms with Crippen LogP contribution in [0.4, 0.5) is 0 Å². The summed E-state index contributed by atoms with van der Waals surface area (Å²) in [5.41, 5.74) is 8.79. The van der Waals surface area contributed by atoms with Gasteiger partial charge >= 0.3 is 0 Å². The molecule has 2 rings (SSSR count). The van der Waals surface area contributed by atoms with Crippen molar-refractivity contribution in [2.45, 2.75) is 58.0 Å². The molecule has 100 valence electrons. The Hall–Kier alpha value is -0.800. The topological polar surface area (TPSA) is 43.8 Å². The van der Waals surface area contributed by atoms with Crippen molar-refractivity contribution in [1.82, 2.24) is 9.78 Å². The van der Waals surface area contributed by atoms with Gasteiger partial charge in [0, 0.05) is 6.54 Å². The predicted octanol–water partition coefficient (Wildman–Crippen LogP) is 3.84. The zero-order chi connectivity index (χ0) is 13.0. The molecule has 0 saturated carbocycles. The van der Waals surface area contributed by atoms with Crippen molar-refractivity contribution in [3.8, 4) is 0 Å². The molecule has 0 spiro atoms. The minimum atomic E-state index is -0.0316. The fraction of sp³-hybridized carbons (Fsp3) is 0.643. The second kappa shape index (κ2) is 6.39. The maximum absolute atomic E-state index is 6.32. The SMILES string of the molecule is CCCn1ncc(Cl)c1C(N)CC1=CCCCC1. The molecule has 0 saturated heterocycles. The Kier molecular flexibility index (Phi) is 4.84. The summed E-state index contributed by atoms with van der Waals surface area (Å²) in [4.78, 5) is 0. The molecule has 2 N–H and O–H groups in total. The van der Waals surface area contributed by atoms with E-state index in [4.69, 9.17) is 17.3 Å². The summed E-state index contributed by atoms with van der Waals surface area (Å²) in [6.07, 6.45) is 11.0. The third-order valence-electron chi connectivity index (χ3n) is 3.49. The van der Waals surface area contributed by atoms with Crippen LogP contribution in [0.25, 0.3) is 0 Å². The van der Waals surface area contributed by atoms with Gasteiger partial charge in [-0.05, 0) is 38.5 Å². The summed E-state index contributed by atoms with van der Waals surface area (Å²) < 4.78 is 1.95. The number of allylic oxidation sites excluding steroid dienone is 1. The molecule has 18 heavy (non-hydrogen) atoms. The maximum Gasteiger partial charge on any atom is 0.0834 e. The monoisotopic (exact) mass is 267 g/mol. The summed E-state index contributed by atoms with van der Waals surface area (Å²) in [5, 5.41) is 5.01. The van der Waals surface area contributed by atoms with Crippen LogP contribution < -0.4 is 5.73 Å². The Morgan fingerprint density at radius 1 is 1.50 bits per heavy atom. The summed E-state index contributed by atoms with van der Waals surface area (Å²) in [5.74, 6) is 0. The lowest BCUT2D eigenvalue weighted by Gasteiger charge is -2.19. The third kappa shape index (κ3) is 3.15. The smallest absolute Gasteiger partial charge is 0.0834 e. The number of nitrogens with zero attached hydrogens (tertiary/aromatic N) is 2. The summed E-state index contributed by atoms with van der Waals surface area (Å²) in [6.45, 7) is 3.02. The molecule has 4 heteroatoms. The quantitative estimate of drug-likeness (QED) is 0.824. The van der Waals surface area contributed by atoms with Gasteiger partial charge in [0.05, 0.1) is 23.0 Å². The van der Waals surface area contributed by atoms with Gasteiger partial charge in [0.25, 0.3) is 0 Å². The van der Waals surface area contributed by atoms with Crippen molar-refractivity contribution in [2.24, 2.45) is 5.73 Å². The molecule has 1 aromatic heterocycles. The van der Waals surface area contributed by atoms with E-state index in [1.807, 2.05) is 4.68 Å². The van der Waals surface area contributed by atoms with Crippen molar-refractivity contribution in [3.05, 3.63) is 28.6 Å². The second-order valence-electron chi connectivity index (χ2n) is 5.02. The van der Waals surface area contributed by atoms with Gasteiger partial charge in [0.15, 0.2) is 0 Å². The number of hydrogen-bond donors (Lipinski definition) is 1. The van der Waals surface area contributed by atoms with Gasteiger partial charge in [-0.2, -0.15) is 5.10 Å². The molecule has 1 atom stereocenters. The van der Waals surface area contributed by atoms with Crippen molar-refractivity contribution >= 4 is 11.6 Å². The first-order valence-electron chi connectivity index (χ1n) is 6.87. The Labute approximate surface area is 114 Å². The van der Waals surface area contributed by atoms with Crippen LogP contribution in [-0.2, 0) is 6.54 Å². The molecule has 3 nitrogen and oxygen atoms in total. The molecule has 0 fully saturated rings. The zero-order valence-corrected chi connectivity index (χ0v) is 11.8. The number of nitrogens with two attached hydrogens (primary N) is 1. The van der Waals surface area contributed by atoms with E-state index in [-0.39, 0.29) is 6.04 Å². The molecule has 0 bridgehead atoms. The molecular weight excluding hydrogens is 246 g/mol. The lowest BCUT2D eigenvalue weighted by molar-refractivity contribution is 0.529. The van der Waals surface area contributed by atoms with Crippen LogP contribution in [0.1, 0.15) is 57.2 Å². The van der Waals surface area contributed by atoms with Gasteiger partial charge in [-0.1, -0.05) is 30.2 Å². The van der Waals surface area contributed by atoms with Gasteiger partial charge in [0.1, 0.15) is 0 Å². The lowest BCUT2D eigenvalue weighted by Crippen LogP contribution is -2.18. The van der Waals surface area contributed by atoms with Gasteiger partial charge in [-0.15, -0.1) is 0 Å². The van der Waals surface area contributed by atoms with Crippen molar-refractivity contribution in [1.29, 1.82) is 0 Å². The van der Waals surface area contributed by atoms with Crippen LogP contribution in [0.5, 0.6) is 0 Å². The molecule has 1 aliphatic rings. The van der Waals surface area contributed by atoms with E-state index >= 15 is 0 Å². The molecule has 0 aliphatic heterocycles. The highest BCUT2D eigenvalue weighted by Crippen LogP contribution is 2.29. The number of hydrogen-bond acceptors (Lipinski definition) is 2. The summed E-state index contributed by atoms with van der Waals surface area (Å²) >= 11 is 6.21. The average Bonchev–Trinajstić information content (AvgIpc) is 2.72. The highest BCUT2D eigenvalue weighted by atomic mass is 35.5. The highest BCUT2D eigenvalue weighted by Gasteiger charge is 2.18. The fourth-order valence-electron chi connectivity index (χ4n) is 2.60. The zero-order valence-electron chi connectivity index (χ0n) is 11.0. The summed E-state index contributed by atoms with van der Waals surface area (Å²) in [6, 6.07) is -0.0316. The second-order valence-corrected chi connectivity index (χ2v) is 5.43. The first kappa shape index (κ1) is 13.6. The maximum atomic E-state index is 6.32. The fourth-order valence-corrected chi connectivity index (χ4v) is 2.88. The molecule has 0 amide bonds. The number of aryl methyl sites for hydroxylation is 1. The molecule has 1 unspecified atom stereocenters. The van der Waals surface area contributed by atoms with E-state index in [9.17, 15) is 0 Å². The Bertz CT molecular complexity index is 423. The number of aromatic nitrogens is 2. The highest BCUT2D eigenvalue weighted by molar-refractivity contribution is 6.31. The van der Waals surface area contributed by atoms with Crippen LogP contribution in [0.15, 0.2) is 17.8 Å². The van der Waals surface area contributed by atoms with E-state index in [0.717, 1.165) is 25.1 Å². The van der Waals surface area contributed by atoms with Crippen LogP contribution >= 0.6 is 11.6 Å². The normalized spacial score (nSPS) is 17.6. The third-order valence-corrected chi connectivity index (χ3v) is 3.78. The van der Waals surface area contributed by atoms with Crippen LogP contribution in [0.2, 0.25) is 5.02 Å². The number of halogens is 1. The first-order chi connectivity index (χ1) is 8.72. The Balaban J connectivity index is 2.09. The minimum Gasteiger partial charge on any atom is -0.322 e.